The molecule has 22 heavy (non-hydrogen) atoms. The molecule has 1 unspecified atom stereocenters. The average molecular weight is 310 g/mol. The smallest absolute Gasteiger partial charge is 0.0168 e. The minimum absolute atomic E-state index is 0.328. The van der Waals surface area contributed by atoms with Crippen molar-refractivity contribution >= 4 is 0 Å². The Labute approximate surface area is 139 Å². The topological polar surface area (TPSA) is 9.72 Å². The normalized spacial score (nSPS) is 27.3. The van der Waals surface area contributed by atoms with Gasteiger partial charge in [0.1, 0.15) is 0 Å². The van der Waals surface area contributed by atoms with Crippen LogP contribution in [0.15, 0.2) is 0 Å². The van der Waals surface area contributed by atoms with Crippen LogP contribution < -0.4 is 0 Å². The van der Waals surface area contributed by atoms with Gasteiger partial charge in [-0.1, -0.05) is 6.42 Å². The predicted octanol–water partition coefficient (Wildman–Crippen LogP) is 3.45. The Bertz CT molecular complexity index is 337. The molecular formula is C19H39N3. The summed E-state index contributed by atoms with van der Waals surface area (Å²) in [6.07, 6.45) is 5.49. The number of nitrogens with zero attached hydrogens (tertiary/aromatic N) is 3. The fourth-order valence-corrected chi connectivity index (χ4v) is 4.22. The molecule has 0 amide bonds. The molecule has 130 valence electrons. The summed E-state index contributed by atoms with van der Waals surface area (Å²) < 4.78 is 0. The molecule has 0 radical (unpaired) electrons. The molecule has 2 aliphatic rings. The van der Waals surface area contributed by atoms with E-state index in [1.54, 1.807) is 0 Å². The second-order valence-electron chi connectivity index (χ2n) is 9.10. The lowest BCUT2D eigenvalue weighted by atomic mass is 9.91. The first-order valence-corrected chi connectivity index (χ1v) is 9.44. The SMILES string of the molecule is CC1CCCCN1C(C)(C)CCN1CCN(C(C)(C)C)CC1. The van der Waals surface area contributed by atoms with Crippen LogP contribution in [0.1, 0.15) is 67.2 Å². The molecule has 3 heteroatoms. The van der Waals surface area contributed by atoms with E-state index in [1.165, 1.54) is 65.0 Å². The highest BCUT2D eigenvalue weighted by molar-refractivity contribution is 4.89. The van der Waals surface area contributed by atoms with E-state index < -0.39 is 0 Å². The van der Waals surface area contributed by atoms with Gasteiger partial charge in [-0.25, -0.2) is 0 Å². The molecule has 2 aliphatic heterocycles. The second kappa shape index (κ2) is 7.19. The van der Waals surface area contributed by atoms with Crippen LogP contribution in [-0.4, -0.2) is 71.1 Å². The van der Waals surface area contributed by atoms with Gasteiger partial charge in [0.15, 0.2) is 0 Å². The van der Waals surface area contributed by atoms with E-state index in [1.807, 2.05) is 0 Å². The van der Waals surface area contributed by atoms with E-state index in [-0.39, 0.29) is 0 Å². The Kier molecular flexibility index (Phi) is 5.95. The van der Waals surface area contributed by atoms with Gasteiger partial charge in [-0.05, 0) is 73.9 Å². The molecule has 0 aromatic carbocycles. The van der Waals surface area contributed by atoms with Gasteiger partial charge in [-0.2, -0.15) is 0 Å². The highest BCUT2D eigenvalue weighted by atomic mass is 15.3. The summed E-state index contributed by atoms with van der Waals surface area (Å²) in [4.78, 5) is 8.07. The highest BCUT2D eigenvalue weighted by Crippen LogP contribution is 2.28. The summed E-state index contributed by atoms with van der Waals surface area (Å²) in [6, 6.07) is 0.765. The minimum atomic E-state index is 0.328. The van der Waals surface area contributed by atoms with E-state index in [9.17, 15) is 0 Å². The standard InChI is InChI=1S/C19H39N3/c1-17-9-7-8-11-22(17)19(5,6)10-12-20-13-15-21(16-14-20)18(2,3)4/h17H,7-16H2,1-6H3. The fourth-order valence-electron chi connectivity index (χ4n) is 4.22. The van der Waals surface area contributed by atoms with Crippen molar-refractivity contribution in [2.45, 2.75) is 84.3 Å². The summed E-state index contributed by atoms with van der Waals surface area (Å²) in [5.74, 6) is 0. The van der Waals surface area contributed by atoms with Crippen LogP contribution in [0, 0.1) is 0 Å². The van der Waals surface area contributed by atoms with Crippen LogP contribution in [0.4, 0.5) is 0 Å². The van der Waals surface area contributed by atoms with E-state index >= 15 is 0 Å². The van der Waals surface area contributed by atoms with Crippen molar-refractivity contribution in [3.63, 3.8) is 0 Å². The number of piperidine rings is 1. The molecule has 2 heterocycles. The van der Waals surface area contributed by atoms with Crippen LogP contribution >= 0.6 is 0 Å². The quantitative estimate of drug-likeness (QED) is 0.787. The molecule has 3 nitrogen and oxygen atoms in total. The first-order chi connectivity index (χ1) is 10.2. The van der Waals surface area contributed by atoms with Crippen molar-refractivity contribution < 1.29 is 0 Å². The highest BCUT2D eigenvalue weighted by Gasteiger charge is 2.33. The van der Waals surface area contributed by atoms with Gasteiger partial charge in [-0.3, -0.25) is 9.80 Å². The van der Waals surface area contributed by atoms with E-state index in [0.717, 1.165) is 6.04 Å². The summed E-state index contributed by atoms with van der Waals surface area (Å²) >= 11 is 0. The van der Waals surface area contributed by atoms with Crippen molar-refractivity contribution in [2.24, 2.45) is 0 Å². The Morgan fingerprint density at radius 3 is 2.05 bits per heavy atom. The Morgan fingerprint density at radius 2 is 1.50 bits per heavy atom. The number of hydrogen-bond donors (Lipinski definition) is 0. The average Bonchev–Trinajstić information content (AvgIpc) is 2.45. The maximum Gasteiger partial charge on any atom is 0.0168 e. The van der Waals surface area contributed by atoms with E-state index in [0.29, 0.717) is 11.1 Å². The summed E-state index contributed by atoms with van der Waals surface area (Å²) in [6.45, 7) is 21.8. The molecule has 2 rings (SSSR count). The molecule has 1 atom stereocenters. The maximum absolute atomic E-state index is 2.77. The number of likely N-dealkylation sites (tertiary alicyclic amines) is 1. The van der Waals surface area contributed by atoms with Crippen molar-refractivity contribution in [1.29, 1.82) is 0 Å². The number of piperazine rings is 1. The molecule has 2 saturated heterocycles. The Morgan fingerprint density at radius 1 is 0.864 bits per heavy atom. The van der Waals surface area contributed by atoms with E-state index in [2.05, 4.69) is 56.2 Å². The monoisotopic (exact) mass is 309 g/mol. The Balaban J connectivity index is 1.78. The minimum Gasteiger partial charge on any atom is -0.301 e. The molecule has 0 aromatic heterocycles. The van der Waals surface area contributed by atoms with Crippen molar-refractivity contribution in [2.75, 3.05) is 39.3 Å². The van der Waals surface area contributed by atoms with Crippen molar-refractivity contribution in [1.82, 2.24) is 14.7 Å². The molecule has 0 spiro atoms. The molecule has 0 aliphatic carbocycles. The molecular weight excluding hydrogens is 270 g/mol. The second-order valence-corrected chi connectivity index (χ2v) is 9.10. The largest absolute Gasteiger partial charge is 0.301 e. The summed E-state index contributed by atoms with van der Waals surface area (Å²) in [7, 11) is 0. The molecule has 0 bridgehead atoms. The zero-order chi connectivity index (χ0) is 16.4. The van der Waals surface area contributed by atoms with Crippen molar-refractivity contribution in [3.8, 4) is 0 Å². The first kappa shape index (κ1) is 18.2. The Hall–Kier alpha value is -0.120. The van der Waals surface area contributed by atoms with Crippen LogP contribution in [0.2, 0.25) is 0 Å². The van der Waals surface area contributed by atoms with Crippen LogP contribution in [0.5, 0.6) is 0 Å². The fraction of sp³-hybridized carbons (Fsp3) is 1.00. The lowest BCUT2D eigenvalue weighted by Crippen LogP contribution is -2.55. The van der Waals surface area contributed by atoms with Gasteiger partial charge >= 0.3 is 0 Å². The van der Waals surface area contributed by atoms with Gasteiger partial charge in [0.2, 0.25) is 0 Å². The van der Waals surface area contributed by atoms with Gasteiger partial charge in [-0.15, -0.1) is 0 Å². The zero-order valence-electron chi connectivity index (χ0n) is 16.0. The number of hydrogen-bond acceptors (Lipinski definition) is 3. The maximum atomic E-state index is 2.77. The van der Waals surface area contributed by atoms with Crippen LogP contribution in [-0.2, 0) is 0 Å². The molecule has 0 saturated carbocycles. The first-order valence-electron chi connectivity index (χ1n) is 9.44. The van der Waals surface area contributed by atoms with Gasteiger partial charge in [0.05, 0.1) is 0 Å². The van der Waals surface area contributed by atoms with Crippen LogP contribution in [0.25, 0.3) is 0 Å². The predicted molar refractivity (Wildman–Crippen MR) is 96.5 cm³/mol. The molecule has 0 N–H and O–H groups in total. The summed E-state index contributed by atoms with van der Waals surface area (Å²) in [5, 5.41) is 0. The molecule has 2 fully saturated rings. The third kappa shape index (κ3) is 4.69. The number of rotatable bonds is 4. The summed E-state index contributed by atoms with van der Waals surface area (Å²) in [5.41, 5.74) is 0.676. The molecule has 0 aromatic rings. The lowest BCUT2D eigenvalue weighted by molar-refractivity contribution is 0.0220. The third-order valence-corrected chi connectivity index (χ3v) is 5.94. The lowest BCUT2D eigenvalue weighted by Gasteiger charge is -2.47. The van der Waals surface area contributed by atoms with Gasteiger partial charge in [0.25, 0.3) is 0 Å². The van der Waals surface area contributed by atoms with E-state index in [4.69, 9.17) is 0 Å². The van der Waals surface area contributed by atoms with Gasteiger partial charge in [0, 0.05) is 43.3 Å². The van der Waals surface area contributed by atoms with Gasteiger partial charge < -0.3 is 4.90 Å². The zero-order valence-corrected chi connectivity index (χ0v) is 16.0. The van der Waals surface area contributed by atoms with Crippen molar-refractivity contribution in [3.05, 3.63) is 0 Å². The van der Waals surface area contributed by atoms with Crippen LogP contribution in [0.3, 0.4) is 0 Å². The third-order valence-electron chi connectivity index (χ3n) is 5.94.